The Balaban J connectivity index is 1.50. The number of amides is 2. The Bertz CT molecular complexity index is 992. The first-order valence-electron chi connectivity index (χ1n) is 8.58. The number of rotatable bonds is 8. The summed E-state index contributed by atoms with van der Waals surface area (Å²) in [4.78, 5) is 27.8. The Labute approximate surface area is 176 Å². The van der Waals surface area contributed by atoms with Crippen molar-refractivity contribution in [3.63, 3.8) is 0 Å². The molecule has 3 rings (SSSR count). The van der Waals surface area contributed by atoms with Crippen LogP contribution in [0.15, 0.2) is 53.7 Å². The van der Waals surface area contributed by atoms with Crippen LogP contribution in [-0.4, -0.2) is 32.2 Å². The number of aromatic amines is 1. The van der Waals surface area contributed by atoms with Gasteiger partial charge in [-0.3, -0.25) is 14.7 Å². The second kappa shape index (κ2) is 9.44. The first-order valence-corrected chi connectivity index (χ1v) is 9.83. The highest BCUT2D eigenvalue weighted by atomic mass is 35.5. The normalized spacial score (nSPS) is 11.7. The molecule has 150 valence electrons. The number of H-pyrrole nitrogens is 1. The van der Waals surface area contributed by atoms with Gasteiger partial charge in [-0.15, -0.1) is 5.10 Å². The summed E-state index contributed by atoms with van der Waals surface area (Å²) in [6.45, 7) is 1.96. The van der Waals surface area contributed by atoms with Crippen molar-refractivity contribution in [2.45, 2.75) is 23.9 Å². The number of carbonyl (C=O) groups is 2. The van der Waals surface area contributed by atoms with Crippen LogP contribution in [0.5, 0.6) is 5.75 Å². The minimum absolute atomic E-state index is 0.210. The molecule has 3 aromatic rings. The number of hydrogen-bond donors (Lipinski definition) is 3. The smallest absolute Gasteiger partial charge is 0.248 e. The van der Waals surface area contributed by atoms with E-state index >= 15 is 0 Å². The average Bonchev–Trinajstić information content (AvgIpc) is 3.15. The molecule has 0 radical (unpaired) electrons. The Hall–Kier alpha value is -3.04. The quantitative estimate of drug-likeness (QED) is 0.470. The number of halogens is 1. The second-order valence-corrected chi connectivity index (χ2v) is 7.74. The molecule has 1 heterocycles. The first-order chi connectivity index (χ1) is 13.9. The molecule has 1 unspecified atom stereocenters. The number of primary amides is 1. The van der Waals surface area contributed by atoms with Crippen molar-refractivity contribution in [3.05, 3.63) is 64.9 Å². The average molecular weight is 432 g/mol. The van der Waals surface area contributed by atoms with Crippen LogP contribution in [0, 0.1) is 0 Å². The molecule has 0 spiro atoms. The number of nitrogens with one attached hydrogen (secondary N) is 2. The highest BCUT2D eigenvalue weighted by molar-refractivity contribution is 8.00. The molecule has 2 amide bonds. The van der Waals surface area contributed by atoms with Gasteiger partial charge < -0.3 is 15.8 Å². The molecule has 8 nitrogen and oxygen atoms in total. The lowest BCUT2D eigenvalue weighted by atomic mass is 10.2. The van der Waals surface area contributed by atoms with Crippen LogP contribution < -0.4 is 15.8 Å². The number of ether oxygens (including phenoxy) is 1. The Morgan fingerprint density at radius 2 is 1.90 bits per heavy atom. The maximum Gasteiger partial charge on any atom is 0.248 e. The van der Waals surface area contributed by atoms with Gasteiger partial charge in [0.25, 0.3) is 0 Å². The molecule has 4 N–H and O–H groups in total. The van der Waals surface area contributed by atoms with Gasteiger partial charge in [-0.25, -0.2) is 4.98 Å². The first kappa shape index (κ1) is 20.7. The number of nitrogens with zero attached hydrogens (tertiary/aromatic N) is 2. The topological polar surface area (TPSA) is 123 Å². The van der Waals surface area contributed by atoms with Crippen molar-refractivity contribution >= 4 is 40.9 Å². The Morgan fingerprint density at radius 3 is 2.55 bits per heavy atom. The molecular formula is C19H18ClN5O3S. The lowest BCUT2D eigenvalue weighted by molar-refractivity contribution is -0.115. The van der Waals surface area contributed by atoms with E-state index < -0.39 is 11.2 Å². The third-order valence-corrected chi connectivity index (χ3v) is 5.00. The zero-order valence-electron chi connectivity index (χ0n) is 15.4. The summed E-state index contributed by atoms with van der Waals surface area (Å²) in [7, 11) is 0. The summed E-state index contributed by atoms with van der Waals surface area (Å²) in [6.07, 6.45) is 0. The number of nitrogens with two attached hydrogens (primary N) is 1. The summed E-state index contributed by atoms with van der Waals surface area (Å²) in [5, 5.41) is 10.3. The van der Waals surface area contributed by atoms with E-state index in [1.165, 1.54) is 11.8 Å². The maximum atomic E-state index is 12.4. The van der Waals surface area contributed by atoms with Crippen molar-refractivity contribution in [2.24, 2.45) is 5.73 Å². The van der Waals surface area contributed by atoms with Gasteiger partial charge in [0.05, 0.1) is 5.25 Å². The molecule has 0 aliphatic rings. The van der Waals surface area contributed by atoms with E-state index in [1.54, 1.807) is 55.5 Å². The van der Waals surface area contributed by atoms with Gasteiger partial charge in [-0.1, -0.05) is 23.4 Å². The number of thioether (sulfide) groups is 1. The van der Waals surface area contributed by atoms with E-state index in [0.29, 0.717) is 33.0 Å². The fraction of sp³-hybridized carbons (Fsp3) is 0.158. The Kier molecular flexibility index (Phi) is 6.73. The van der Waals surface area contributed by atoms with Gasteiger partial charge in [0.1, 0.15) is 12.4 Å². The van der Waals surface area contributed by atoms with Gasteiger partial charge in [-0.05, 0) is 55.5 Å². The summed E-state index contributed by atoms with van der Waals surface area (Å²) >= 11 is 7.05. The summed E-state index contributed by atoms with van der Waals surface area (Å²) in [5.41, 5.74) is 6.14. The van der Waals surface area contributed by atoms with Crippen molar-refractivity contribution in [2.75, 3.05) is 5.32 Å². The molecule has 0 fully saturated rings. The zero-order chi connectivity index (χ0) is 20.8. The van der Waals surface area contributed by atoms with Crippen LogP contribution in [-0.2, 0) is 11.4 Å². The third kappa shape index (κ3) is 5.97. The second-order valence-electron chi connectivity index (χ2n) is 6.00. The number of anilines is 1. The molecule has 0 aliphatic carbocycles. The fourth-order valence-corrected chi connectivity index (χ4v) is 3.12. The molecule has 0 aliphatic heterocycles. The molecule has 1 aromatic heterocycles. The van der Waals surface area contributed by atoms with Crippen LogP contribution in [0.2, 0.25) is 5.02 Å². The number of benzene rings is 2. The van der Waals surface area contributed by atoms with E-state index in [9.17, 15) is 9.59 Å². The number of aromatic nitrogens is 3. The predicted molar refractivity (Wildman–Crippen MR) is 111 cm³/mol. The molecular weight excluding hydrogens is 414 g/mol. The maximum absolute atomic E-state index is 12.4. The molecule has 0 saturated heterocycles. The summed E-state index contributed by atoms with van der Waals surface area (Å²) in [6, 6.07) is 13.3. The lowest BCUT2D eigenvalue weighted by Gasteiger charge is -2.10. The van der Waals surface area contributed by atoms with Crippen LogP contribution in [0.4, 0.5) is 5.69 Å². The summed E-state index contributed by atoms with van der Waals surface area (Å²) < 4.78 is 5.60. The van der Waals surface area contributed by atoms with Crippen molar-refractivity contribution in [1.82, 2.24) is 15.2 Å². The van der Waals surface area contributed by atoms with Gasteiger partial charge in [-0.2, -0.15) is 0 Å². The minimum Gasteiger partial charge on any atom is -0.486 e. The number of carbonyl (C=O) groups excluding carboxylic acids is 2. The van der Waals surface area contributed by atoms with E-state index in [1.807, 2.05) is 0 Å². The van der Waals surface area contributed by atoms with Crippen LogP contribution in [0.1, 0.15) is 23.1 Å². The van der Waals surface area contributed by atoms with E-state index in [2.05, 4.69) is 20.5 Å². The molecule has 1 atom stereocenters. The molecule has 0 bridgehead atoms. The van der Waals surface area contributed by atoms with Crippen LogP contribution >= 0.6 is 23.4 Å². The van der Waals surface area contributed by atoms with Gasteiger partial charge >= 0.3 is 0 Å². The highest BCUT2D eigenvalue weighted by Crippen LogP contribution is 2.21. The largest absolute Gasteiger partial charge is 0.486 e. The highest BCUT2D eigenvalue weighted by Gasteiger charge is 2.17. The molecule has 10 heteroatoms. The monoisotopic (exact) mass is 431 g/mol. The van der Waals surface area contributed by atoms with Gasteiger partial charge in [0.2, 0.25) is 17.0 Å². The lowest BCUT2D eigenvalue weighted by Crippen LogP contribution is -2.22. The van der Waals surface area contributed by atoms with E-state index in [4.69, 9.17) is 22.1 Å². The third-order valence-electron chi connectivity index (χ3n) is 3.79. The Morgan fingerprint density at radius 1 is 1.21 bits per heavy atom. The fourth-order valence-electron chi connectivity index (χ4n) is 2.25. The van der Waals surface area contributed by atoms with Gasteiger partial charge in [0.15, 0.2) is 5.82 Å². The molecule has 0 saturated carbocycles. The van der Waals surface area contributed by atoms with Crippen LogP contribution in [0.25, 0.3) is 0 Å². The molecule has 29 heavy (non-hydrogen) atoms. The van der Waals surface area contributed by atoms with Crippen molar-refractivity contribution in [3.8, 4) is 5.75 Å². The zero-order valence-corrected chi connectivity index (χ0v) is 17.0. The van der Waals surface area contributed by atoms with Crippen LogP contribution in [0.3, 0.4) is 0 Å². The summed E-state index contributed by atoms with van der Waals surface area (Å²) in [5.74, 6) is 0.463. The number of hydrogen-bond acceptors (Lipinski definition) is 6. The molecule has 2 aromatic carbocycles. The minimum atomic E-state index is -0.521. The van der Waals surface area contributed by atoms with Gasteiger partial charge in [0, 0.05) is 16.3 Å². The standard InChI is InChI=1S/C19H18ClN5O3S/c1-11(18(27)22-14-6-2-12(3-7-14)17(21)26)29-19-23-16(24-25-19)10-28-15-8-4-13(20)5-9-15/h2-9,11H,10H2,1H3,(H2,21,26)(H,22,27)(H,23,24,25). The SMILES string of the molecule is CC(Sc1n[nH]c(COc2ccc(Cl)cc2)n1)C(=O)Nc1ccc(C(N)=O)cc1. The predicted octanol–water partition coefficient (Wildman–Crippen LogP) is 3.26. The van der Waals surface area contributed by atoms with E-state index in [0.717, 1.165) is 0 Å². The van der Waals surface area contributed by atoms with Crippen molar-refractivity contribution in [1.29, 1.82) is 0 Å². The van der Waals surface area contributed by atoms with Crippen molar-refractivity contribution < 1.29 is 14.3 Å². The van der Waals surface area contributed by atoms with E-state index in [-0.39, 0.29) is 12.5 Å².